The van der Waals surface area contributed by atoms with Crippen molar-refractivity contribution in [3.8, 4) is 29.3 Å². The lowest BCUT2D eigenvalue weighted by Crippen LogP contribution is -1.58. The van der Waals surface area contributed by atoms with E-state index >= 15 is 0 Å². The molecule has 6 heteroatoms. The summed E-state index contributed by atoms with van der Waals surface area (Å²) in [5.41, 5.74) is 0. The summed E-state index contributed by atoms with van der Waals surface area (Å²) in [7, 11) is 0. The largest absolute Gasteiger partial charge is 0.134 e. The van der Waals surface area contributed by atoms with E-state index in [4.69, 9.17) is 0 Å². The second-order valence-corrected chi connectivity index (χ2v) is 10.5. The van der Waals surface area contributed by atoms with Crippen LogP contribution < -0.4 is 0 Å². The summed E-state index contributed by atoms with van der Waals surface area (Å²) < 4.78 is 2.12. The van der Waals surface area contributed by atoms with Crippen molar-refractivity contribution < 1.29 is 0 Å². The molecule has 0 spiro atoms. The van der Waals surface area contributed by atoms with E-state index in [1.165, 1.54) is 29.3 Å². The van der Waals surface area contributed by atoms with Gasteiger partial charge in [-0.05, 0) is 48.5 Å². The van der Waals surface area contributed by atoms with Crippen molar-refractivity contribution in [3.63, 3.8) is 0 Å². The van der Waals surface area contributed by atoms with Gasteiger partial charge in [-0.3, -0.25) is 0 Å². The summed E-state index contributed by atoms with van der Waals surface area (Å²) in [6.07, 6.45) is 0. The van der Waals surface area contributed by atoms with Crippen molar-refractivity contribution in [3.05, 3.63) is 48.5 Å². The first kappa shape index (κ1) is 15.1. The summed E-state index contributed by atoms with van der Waals surface area (Å²) in [5.74, 6) is 0. The SMILES string of the molecule is Sc1ccc(-c2ccc(-c3ccc(-c4ccc(S)s4)s3)s2)s1. The van der Waals surface area contributed by atoms with Gasteiger partial charge >= 0.3 is 0 Å². The molecule has 0 saturated carbocycles. The Morgan fingerprint density at radius 2 is 0.682 bits per heavy atom. The third-order valence-corrected chi connectivity index (χ3v) is 8.50. The molecular formula is C16H10S6. The van der Waals surface area contributed by atoms with E-state index in [0.29, 0.717) is 0 Å². The molecule has 0 aliphatic heterocycles. The van der Waals surface area contributed by atoms with Gasteiger partial charge in [0.15, 0.2) is 0 Å². The van der Waals surface area contributed by atoms with Gasteiger partial charge in [-0.2, -0.15) is 0 Å². The van der Waals surface area contributed by atoms with Crippen LogP contribution in [0.15, 0.2) is 56.9 Å². The predicted molar refractivity (Wildman–Crippen MR) is 109 cm³/mol. The number of thiophene rings is 4. The summed E-state index contributed by atoms with van der Waals surface area (Å²) >= 11 is 15.9. The van der Waals surface area contributed by atoms with E-state index in [1.54, 1.807) is 22.7 Å². The molecule has 0 N–H and O–H groups in total. The van der Waals surface area contributed by atoms with Crippen LogP contribution in [-0.2, 0) is 0 Å². The normalized spacial score (nSPS) is 11.2. The molecule has 0 fully saturated rings. The van der Waals surface area contributed by atoms with E-state index in [-0.39, 0.29) is 0 Å². The lowest BCUT2D eigenvalue weighted by molar-refractivity contribution is 1.76. The smallest absolute Gasteiger partial charge is 0.0574 e. The quantitative estimate of drug-likeness (QED) is 0.330. The Morgan fingerprint density at radius 1 is 0.409 bits per heavy atom. The maximum absolute atomic E-state index is 4.40. The van der Waals surface area contributed by atoms with Crippen LogP contribution in [0.2, 0.25) is 0 Å². The van der Waals surface area contributed by atoms with Crippen LogP contribution in [0.25, 0.3) is 29.3 Å². The summed E-state index contributed by atoms with van der Waals surface area (Å²) in [4.78, 5) is 7.84. The lowest BCUT2D eigenvalue weighted by Gasteiger charge is -1.91. The first-order valence-electron chi connectivity index (χ1n) is 6.47. The van der Waals surface area contributed by atoms with Crippen molar-refractivity contribution in [1.82, 2.24) is 0 Å². The van der Waals surface area contributed by atoms with Crippen LogP contribution in [0.4, 0.5) is 0 Å². The molecule has 0 aliphatic carbocycles. The minimum Gasteiger partial charge on any atom is -0.134 e. The third-order valence-electron chi connectivity index (χ3n) is 3.12. The molecule has 0 amide bonds. The predicted octanol–water partition coefficient (Wildman–Crippen LogP) is 7.51. The topological polar surface area (TPSA) is 0 Å². The maximum Gasteiger partial charge on any atom is 0.0574 e. The monoisotopic (exact) mass is 394 g/mol. The number of rotatable bonds is 3. The molecule has 0 nitrogen and oxygen atoms in total. The second kappa shape index (κ2) is 6.19. The minimum absolute atomic E-state index is 1.06. The fourth-order valence-corrected chi connectivity index (χ4v) is 6.64. The van der Waals surface area contributed by atoms with E-state index in [2.05, 4.69) is 73.8 Å². The zero-order chi connectivity index (χ0) is 15.1. The van der Waals surface area contributed by atoms with Gasteiger partial charge in [-0.25, -0.2) is 0 Å². The summed E-state index contributed by atoms with van der Waals surface area (Å²) in [6.45, 7) is 0. The molecule has 0 radical (unpaired) electrons. The standard InChI is InChI=1S/C16H10S6/c17-15-7-5-13(21-15)11-3-1-9(19-11)10-2-4-12(20-10)14-6-8-16(18)22-14/h1-8,17-18H. The average molecular weight is 395 g/mol. The van der Waals surface area contributed by atoms with Crippen LogP contribution in [0, 0.1) is 0 Å². The van der Waals surface area contributed by atoms with Gasteiger partial charge in [0, 0.05) is 29.3 Å². The van der Waals surface area contributed by atoms with Crippen molar-refractivity contribution in [1.29, 1.82) is 0 Å². The van der Waals surface area contributed by atoms with Crippen molar-refractivity contribution in [2.24, 2.45) is 0 Å². The molecular weight excluding hydrogens is 385 g/mol. The summed E-state index contributed by atoms with van der Waals surface area (Å²) in [5, 5.41) is 0. The Labute approximate surface area is 155 Å². The van der Waals surface area contributed by atoms with Crippen LogP contribution in [0.1, 0.15) is 0 Å². The molecule has 4 rings (SSSR count). The van der Waals surface area contributed by atoms with Crippen LogP contribution in [-0.4, -0.2) is 0 Å². The highest BCUT2D eigenvalue weighted by atomic mass is 32.2. The molecule has 0 aliphatic rings. The molecule has 22 heavy (non-hydrogen) atoms. The molecule has 4 heterocycles. The van der Waals surface area contributed by atoms with Crippen LogP contribution >= 0.6 is 70.6 Å². The Balaban J connectivity index is 1.65. The summed E-state index contributed by atoms with van der Waals surface area (Å²) in [6, 6.07) is 17.2. The first-order chi connectivity index (χ1) is 10.7. The molecule has 0 unspecified atom stereocenters. The maximum atomic E-state index is 4.40. The molecule has 0 bridgehead atoms. The molecule has 0 aromatic carbocycles. The van der Waals surface area contributed by atoms with E-state index < -0.39 is 0 Å². The van der Waals surface area contributed by atoms with Crippen molar-refractivity contribution >= 4 is 70.6 Å². The Bertz CT molecular complexity index is 843. The third kappa shape index (κ3) is 2.96. The average Bonchev–Trinajstić information content (AvgIpc) is 3.24. The van der Waals surface area contributed by atoms with E-state index in [1.807, 2.05) is 22.7 Å². The van der Waals surface area contributed by atoms with Gasteiger partial charge in [-0.1, -0.05) is 0 Å². The molecule has 0 atom stereocenters. The molecule has 4 aromatic heterocycles. The highest BCUT2D eigenvalue weighted by Gasteiger charge is 2.10. The van der Waals surface area contributed by atoms with Gasteiger partial charge in [0.1, 0.15) is 0 Å². The molecule has 110 valence electrons. The van der Waals surface area contributed by atoms with E-state index in [9.17, 15) is 0 Å². The fourth-order valence-electron chi connectivity index (χ4n) is 2.13. The van der Waals surface area contributed by atoms with Crippen LogP contribution in [0.5, 0.6) is 0 Å². The van der Waals surface area contributed by atoms with Crippen molar-refractivity contribution in [2.45, 2.75) is 8.42 Å². The van der Waals surface area contributed by atoms with Crippen LogP contribution in [0.3, 0.4) is 0 Å². The lowest BCUT2D eigenvalue weighted by atomic mass is 10.3. The second-order valence-electron chi connectivity index (χ2n) is 4.60. The Hall–Kier alpha value is -0.500. The number of thiol groups is 2. The van der Waals surface area contributed by atoms with Gasteiger partial charge in [0.25, 0.3) is 0 Å². The fraction of sp³-hybridized carbons (Fsp3) is 0. The zero-order valence-corrected chi connectivity index (χ0v) is 16.2. The van der Waals surface area contributed by atoms with Gasteiger partial charge in [0.2, 0.25) is 0 Å². The highest BCUT2D eigenvalue weighted by molar-refractivity contribution is 7.83. The minimum atomic E-state index is 1.06. The van der Waals surface area contributed by atoms with Gasteiger partial charge in [0.05, 0.1) is 8.42 Å². The number of hydrogen-bond acceptors (Lipinski definition) is 6. The highest BCUT2D eigenvalue weighted by Crippen LogP contribution is 2.43. The Kier molecular flexibility index (Phi) is 4.23. The van der Waals surface area contributed by atoms with Gasteiger partial charge in [-0.15, -0.1) is 70.6 Å². The first-order valence-corrected chi connectivity index (χ1v) is 10.6. The zero-order valence-electron chi connectivity index (χ0n) is 11.1. The molecule has 4 aromatic rings. The van der Waals surface area contributed by atoms with Crippen molar-refractivity contribution in [2.75, 3.05) is 0 Å². The molecule has 0 saturated heterocycles. The number of hydrogen-bond donors (Lipinski definition) is 2. The Morgan fingerprint density at radius 3 is 0.955 bits per heavy atom. The van der Waals surface area contributed by atoms with E-state index in [0.717, 1.165) is 8.42 Å². The van der Waals surface area contributed by atoms with Gasteiger partial charge < -0.3 is 0 Å².